The van der Waals surface area contributed by atoms with Crippen LogP contribution in [0.5, 0.6) is 0 Å². The van der Waals surface area contributed by atoms with Crippen LogP contribution >= 0.6 is 15.9 Å². The standard InChI is InChI=1S/C11H10BrN3O/c1-7-14-4-5-15(7)10-3-2-8(12)6-9(10)11(13)16/h2-6H,1H3,(H2,13,16). The zero-order valence-corrected chi connectivity index (χ0v) is 10.2. The van der Waals surface area contributed by atoms with E-state index in [4.69, 9.17) is 5.73 Å². The normalized spacial score (nSPS) is 10.4. The molecule has 4 nitrogen and oxygen atoms in total. The van der Waals surface area contributed by atoms with Gasteiger partial charge in [-0.1, -0.05) is 15.9 Å². The smallest absolute Gasteiger partial charge is 0.250 e. The molecule has 5 heteroatoms. The summed E-state index contributed by atoms with van der Waals surface area (Å²) in [4.78, 5) is 15.5. The number of nitrogens with two attached hydrogens (primary N) is 1. The summed E-state index contributed by atoms with van der Waals surface area (Å²) in [5, 5.41) is 0. The lowest BCUT2D eigenvalue weighted by atomic mass is 10.1. The van der Waals surface area contributed by atoms with E-state index in [1.165, 1.54) is 0 Å². The molecule has 1 aromatic heterocycles. The predicted octanol–water partition coefficient (Wildman–Crippen LogP) is 2.04. The van der Waals surface area contributed by atoms with Crippen molar-refractivity contribution in [3.8, 4) is 5.69 Å². The van der Waals surface area contributed by atoms with Gasteiger partial charge in [0.05, 0.1) is 11.3 Å². The first-order valence-electron chi connectivity index (χ1n) is 4.69. The van der Waals surface area contributed by atoms with Crippen LogP contribution in [-0.4, -0.2) is 15.5 Å². The van der Waals surface area contributed by atoms with Crippen LogP contribution in [0.25, 0.3) is 5.69 Å². The minimum atomic E-state index is -0.454. The molecule has 0 saturated heterocycles. The molecule has 1 amide bonds. The number of benzene rings is 1. The molecule has 16 heavy (non-hydrogen) atoms. The SMILES string of the molecule is Cc1nccn1-c1ccc(Br)cc1C(N)=O. The Labute approximate surface area is 101 Å². The first-order chi connectivity index (χ1) is 7.59. The van der Waals surface area contributed by atoms with Crippen molar-refractivity contribution in [2.45, 2.75) is 6.92 Å². The Hall–Kier alpha value is -1.62. The summed E-state index contributed by atoms with van der Waals surface area (Å²) >= 11 is 3.31. The first kappa shape index (κ1) is 10.9. The molecule has 0 spiro atoms. The molecule has 0 aliphatic carbocycles. The number of carbonyl (C=O) groups is 1. The Balaban J connectivity index is 2.65. The van der Waals surface area contributed by atoms with E-state index in [0.29, 0.717) is 5.56 Å². The van der Waals surface area contributed by atoms with E-state index >= 15 is 0 Å². The van der Waals surface area contributed by atoms with Gasteiger partial charge in [0.2, 0.25) is 0 Å². The van der Waals surface area contributed by atoms with Gasteiger partial charge in [-0.3, -0.25) is 4.79 Å². The number of rotatable bonds is 2. The van der Waals surface area contributed by atoms with Crippen molar-refractivity contribution >= 4 is 21.8 Å². The Kier molecular flexibility index (Phi) is 2.78. The summed E-state index contributed by atoms with van der Waals surface area (Å²) in [6, 6.07) is 5.40. The van der Waals surface area contributed by atoms with Crippen LogP contribution in [0.4, 0.5) is 0 Å². The van der Waals surface area contributed by atoms with Gasteiger partial charge >= 0.3 is 0 Å². The topological polar surface area (TPSA) is 60.9 Å². The Morgan fingerprint density at radius 3 is 2.81 bits per heavy atom. The molecule has 82 valence electrons. The molecule has 2 rings (SSSR count). The van der Waals surface area contributed by atoms with E-state index in [0.717, 1.165) is 16.0 Å². The highest BCUT2D eigenvalue weighted by Crippen LogP contribution is 2.20. The lowest BCUT2D eigenvalue weighted by Crippen LogP contribution is -2.15. The van der Waals surface area contributed by atoms with Gasteiger partial charge in [-0.05, 0) is 25.1 Å². The zero-order valence-electron chi connectivity index (χ0n) is 8.64. The van der Waals surface area contributed by atoms with Crippen LogP contribution in [-0.2, 0) is 0 Å². The second-order valence-corrected chi connectivity index (χ2v) is 4.29. The van der Waals surface area contributed by atoms with Gasteiger partial charge in [-0.2, -0.15) is 0 Å². The van der Waals surface area contributed by atoms with Gasteiger partial charge in [-0.25, -0.2) is 4.98 Å². The molecule has 1 aromatic carbocycles. The molecule has 0 aliphatic heterocycles. The Morgan fingerprint density at radius 2 is 2.25 bits per heavy atom. The van der Waals surface area contributed by atoms with Crippen molar-refractivity contribution in [2.75, 3.05) is 0 Å². The third kappa shape index (κ3) is 1.86. The van der Waals surface area contributed by atoms with Gasteiger partial charge in [0.15, 0.2) is 0 Å². The van der Waals surface area contributed by atoms with Crippen molar-refractivity contribution in [3.63, 3.8) is 0 Å². The number of primary amides is 1. The van der Waals surface area contributed by atoms with E-state index in [1.807, 2.05) is 23.6 Å². The minimum absolute atomic E-state index is 0.454. The molecule has 0 aliphatic rings. The largest absolute Gasteiger partial charge is 0.366 e. The van der Waals surface area contributed by atoms with Crippen LogP contribution in [0, 0.1) is 6.92 Å². The average Bonchev–Trinajstić information content (AvgIpc) is 2.64. The van der Waals surface area contributed by atoms with Crippen molar-refractivity contribution in [1.29, 1.82) is 0 Å². The van der Waals surface area contributed by atoms with E-state index in [2.05, 4.69) is 20.9 Å². The highest BCUT2D eigenvalue weighted by Gasteiger charge is 2.11. The average molecular weight is 280 g/mol. The summed E-state index contributed by atoms with van der Waals surface area (Å²) in [5.41, 5.74) is 6.56. The van der Waals surface area contributed by atoms with Crippen LogP contribution in [0.15, 0.2) is 35.1 Å². The summed E-state index contributed by atoms with van der Waals surface area (Å²) in [6.45, 7) is 1.87. The van der Waals surface area contributed by atoms with Crippen LogP contribution in [0.3, 0.4) is 0 Å². The van der Waals surface area contributed by atoms with Gasteiger partial charge in [-0.15, -0.1) is 0 Å². The van der Waals surface area contributed by atoms with Gasteiger partial charge in [0.25, 0.3) is 5.91 Å². The van der Waals surface area contributed by atoms with E-state index in [9.17, 15) is 4.79 Å². The molecule has 0 saturated carbocycles. The molecular weight excluding hydrogens is 270 g/mol. The van der Waals surface area contributed by atoms with Crippen LogP contribution < -0.4 is 5.73 Å². The fourth-order valence-corrected chi connectivity index (χ4v) is 1.91. The number of nitrogens with zero attached hydrogens (tertiary/aromatic N) is 2. The fourth-order valence-electron chi connectivity index (χ4n) is 1.55. The fraction of sp³-hybridized carbons (Fsp3) is 0.0909. The number of imidazole rings is 1. The van der Waals surface area contributed by atoms with Crippen molar-refractivity contribution < 1.29 is 4.79 Å². The highest BCUT2D eigenvalue weighted by molar-refractivity contribution is 9.10. The summed E-state index contributed by atoms with van der Waals surface area (Å²) in [6.07, 6.45) is 3.48. The number of carbonyl (C=O) groups excluding carboxylic acids is 1. The van der Waals surface area contributed by atoms with Gasteiger partial charge in [0.1, 0.15) is 5.82 Å². The number of halogens is 1. The summed E-state index contributed by atoms with van der Waals surface area (Å²) in [5.74, 6) is 0.356. The second-order valence-electron chi connectivity index (χ2n) is 3.37. The maximum Gasteiger partial charge on any atom is 0.250 e. The van der Waals surface area contributed by atoms with Crippen LogP contribution in [0.1, 0.15) is 16.2 Å². The third-order valence-corrected chi connectivity index (χ3v) is 2.80. The number of hydrogen-bond acceptors (Lipinski definition) is 2. The molecular formula is C11H10BrN3O. The lowest BCUT2D eigenvalue weighted by Gasteiger charge is -2.09. The second kappa shape index (κ2) is 4.09. The number of aryl methyl sites for hydroxylation is 1. The highest BCUT2D eigenvalue weighted by atomic mass is 79.9. The van der Waals surface area contributed by atoms with Gasteiger partial charge in [0, 0.05) is 16.9 Å². The van der Waals surface area contributed by atoms with Crippen LogP contribution in [0.2, 0.25) is 0 Å². The molecule has 1 heterocycles. The van der Waals surface area contributed by atoms with Crippen molar-refractivity contribution in [2.24, 2.45) is 5.73 Å². The third-order valence-electron chi connectivity index (χ3n) is 2.31. The Morgan fingerprint density at radius 1 is 1.50 bits per heavy atom. The monoisotopic (exact) mass is 279 g/mol. The van der Waals surface area contributed by atoms with E-state index in [1.54, 1.807) is 18.5 Å². The lowest BCUT2D eigenvalue weighted by molar-refractivity contribution is 0.1000. The summed E-state index contributed by atoms with van der Waals surface area (Å²) < 4.78 is 2.65. The molecule has 0 unspecified atom stereocenters. The predicted molar refractivity (Wildman–Crippen MR) is 64.5 cm³/mol. The molecule has 0 bridgehead atoms. The quantitative estimate of drug-likeness (QED) is 0.915. The van der Waals surface area contributed by atoms with Crippen molar-refractivity contribution in [3.05, 3.63) is 46.5 Å². The van der Waals surface area contributed by atoms with E-state index in [-0.39, 0.29) is 0 Å². The maximum absolute atomic E-state index is 11.3. The zero-order chi connectivity index (χ0) is 11.7. The molecule has 0 atom stereocenters. The van der Waals surface area contributed by atoms with E-state index < -0.39 is 5.91 Å². The molecule has 0 fully saturated rings. The summed E-state index contributed by atoms with van der Waals surface area (Å²) in [7, 11) is 0. The maximum atomic E-state index is 11.3. The Bertz CT molecular complexity index is 548. The first-order valence-corrected chi connectivity index (χ1v) is 5.48. The van der Waals surface area contributed by atoms with Crippen molar-refractivity contribution in [1.82, 2.24) is 9.55 Å². The minimum Gasteiger partial charge on any atom is -0.366 e. The number of aromatic nitrogens is 2. The number of amides is 1. The molecule has 0 radical (unpaired) electrons. The number of hydrogen-bond donors (Lipinski definition) is 1. The van der Waals surface area contributed by atoms with Gasteiger partial charge < -0.3 is 10.3 Å². The molecule has 2 N–H and O–H groups in total. The molecule has 2 aromatic rings.